The minimum atomic E-state index is -0.318. The van der Waals surface area contributed by atoms with Crippen LogP contribution in [-0.4, -0.2) is 25.8 Å². The number of nitrogens with one attached hydrogen (secondary N) is 1. The number of amides is 1. The van der Waals surface area contributed by atoms with Gasteiger partial charge in [0.2, 0.25) is 5.91 Å². The summed E-state index contributed by atoms with van der Waals surface area (Å²) in [5, 5.41) is 13.1. The number of benzene rings is 2. The summed E-state index contributed by atoms with van der Waals surface area (Å²) in [5.74, 6) is -0.0736. The summed E-state index contributed by atoms with van der Waals surface area (Å²) in [6.07, 6.45) is 0. The smallest absolute Gasteiger partial charge is 0.237 e. The minimum absolute atomic E-state index is 0.0736. The predicted molar refractivity (Wildman–Crippen MR) is 113 cm³/mol. The normalized spacial score (nSPS) is 12.4. The van der Waals surface area contributed by atoms with E-state index in [2.05, 4.69) is 50.5 Å². The van der Waals surface area contributed by atoms with Crippen LogP contribution in [0.5, 0.6) is 0 Å². The lowest BCUT2D eigenvalue weighted by molar-refractivity contribution is -0.115. The molecular weight excluding hydrogens is 424 g/mol. The number of nitrogens with zero attached hydrogens (tertiary/aromatic N) is 3. The van der Waals surface area contributed by atoms with Crippen LogP contribution in [0.15, 0.2) is 64.2 Å². The zero-order valence-corrected chi connectivity index (χ0v) is 17.2. The Kier molecular flexibility index (Phi) is 4.88. The lowest BCUT2D eigenvalue weighted by Gasteiger charge is -2.12. The molecule has 7 heteroatoms. The first kappa shape index (κ1) is 18.0. The van der Waals surface area contributed by atoms with Crippen molar-refractivity contribution in [3.63, 3.8) is 0 Å². The molecule has 27 heavy (non-hydrogen) atoms. The largest absolute Gasteiger partial charge is 0.325 e. The number of rotatable bonds is 4. The van der Waals surface area contributed by atoms with Crippen molar-refractivity contribution in [2.45, 2.75) is 24.3 Å². The van der Waals surface area contributed by atoms with Crippen LogP contribution in [0.3, 0.4) is 0 Å². The van der Waals surface area contributed by atoms with Crippen molar-refractivity contribution in [2.24, 2.45) is 0 Å². The summed E-state index contributed by atoms with van der Waals surface area (Å²) in [6, 6.07) is 17.7. The molecule has 0 radical (unpaired) electrons. The highest BCUT2D eigenvalue weighted by atomic mass is 79.9. The van der Waals surface area contributed by atoms with E-state index in [4.69, 9.17) is 0 Å². The van der Waals surface area contributed by atoms with E-state index in [0.717, 1.165) is 32.3 Å². The number of carbonyl (C=O) groups is 1. The SMILES string of the molecule is Cc1cc2nnc(S[C@H](C)C(=O)Nc3ccc(Br)cc3)n2c2ccccc12. The average molecular weight is 441 g/mol. The Hall–Kier alpha value is -2.38. The Morgan fingerprint density at radius 2 is 1.89 bits per heavy atom. The maximum Gasteiger partial charge on any atom is 0.237 e. The molecule has 1 amide bonds. The van der Waals surface area contributed by atoms with Crippen LogP contribution < -0.4 is 5.32 Å². The van der Waals surface area contributed by atoms with Crippen molar-refractivity contribution < 1.29 is 4.79 Å². The van der Waals surface area contributed by atoms with E-state index in [-0.39, 0.29) is 11.2 Å². The molecule has 4 aromatic rings. The molecule has 5 nitrogen and oxygen atoms in total. The van der Waals surface area contributed by atoms with E-state index in [1.807, 2.05) is 53.8 Å². The lowest BCUT2D eigenvalue weighted by atomic mass is 10.1. The zero-order chi connectivity index (χ0) is 19.0. The third kappa shape index (κ3) is 3.57. The highest BCUT2D eigenvalue weighted by molar-refractivity contribution is 9.10. The molecule has 0 unspecified atom stereocenters. The van der Waals surface area contributed by atoms with Crippen LogP contribution in [0, 0.1) is 6.92 Å². The van der Waals surface area contributed by atoms with Crippen LogP contribution in [0.1, 0.15) is 12.5 Å². The van der Waals surface area contributed by atoms with Gasteiger partial charge in [0.15, 0.2) is 10.8 Å². The minimum Gasteiger partial charge on any atom is -0.325 e. The molecule has 0 aliphatic heterocycles. The van der Waals surface area contributed by atoms with Gasteiger partial charge in [-0.2, -0.15) is 0 Å². The summed E-state index contributed by atoms with van der Waals surface area (Å²) < 4.78 is 2.98. The van der Waals surface area contributed by atoms with Crippen molar-refractivity contribution in [2.75, 3.05) is 5.32 Å². The second-order valence-electron chi connectivity index (χ2n) is 6.28. The lowest BCUT2D eigenvalue weighted by Crippen LogP contribution is -2.22. The van der Waals surface area contributed by atoms with Crippen LogP contribution in [0.25, 0.3) is 16.6 Å². The number of thioether (sulfide) groups is 1. The van der Waals surface area contributed by atoms with Gasteiger partial charge in [0.25, 0.3) is 0 Å². The number of fused-ring (bicyclic) bond motifs is 3. The van der Waals surface area contributed by atoms with Crippen LogP contribution >= 0.6 is 27.7 Å². The van der Waals surface area contributed by atoms with Gasteiger partial charge >= 0.3 is 0 Å². The van der Waals surface area contributed by atoms with Crippen molar-refractivity contribution in [1.82, 2.24) is 14.6 Å². The van der Waals surface area contributed by atoms with Gasteiger partial charge in [0.1, 0.15) is 0 Å². The number of para-hydroxylation sites is 1. The van der Waals surface area contributed by atoms with Crippen molar-refractivity contribution in [3.8, 4) is 0 Å². The average Bonchev–Trinajstić information content (AvgIpc) is 3.06. The number of aromatic nitrogens is 3. The first-order valence-electron chi connectivity index (χ1n) is 8.49. The van der Waals surface area contributed by atoms with Gasteiger partial charge in [-0.15, -0.1) is 10.2 Å². The number of halogens is 1. The van der Waals surface area contributed by atoms with Crippen LogP contribution in [-0.2, 0) is 4.79 Å². The number of carbonyl (C=O) groups excluding carboxylic acids is 1. The summed E-state index contributed by atoms with van der Waals surface area (Å²) in [5.41, 5.74) is 3.75. The molecule has 0 aliphatic rings. The fourth-order valence-electron chi connectivity index (χ4n) is 2.94. The molecular formula is C20H17BrN4OS. The Morgan fingerprint density at radius 1 is 1.15 bits per heavy atom. The summed E-state index contributed by atoms with van der Waals surface area (Å²) in [4.78, 5) is 12.6. The Balaban J connectivity index is 1.62. The predicted octanol–water partition coefficient (Wildman–Crippen LogP) is 5.07. The van der Waals surface area contributed by atoms with E-state index in [0.29, 0.717) is 5.16 Å². The van der Waals surface area contributed by atoms with Gasteiger partial charge in [-0.1, -0.05) is 45.9 Å². The van der Waals surface area contributed by atoms with Gasteiger partial charge in [0.05, 0.1) is 10.8 Å². The van der Waals surface area contributed by atoms with Gasteiger partial charge in [-0.25, -0.2) is 0 Å². The highest BCUT2D eigenvalue weighted by Gasteiger charge is 2.19. The molecule has 2 heterocycles. The molecule has 0 spiro atoms. The monoisotopic (exact) mass is 440 g/mol. The molecule has 0 bridgehead atoms. The molecule has 4 rings (SSSR count). The first-order valence-corrected chi connectivity index (χ1v) is 10.2. The third-order valence-corrected chi connectivity index (χ3v) is 5.91. The standard InChI is InChI=1S/C20H17BrN4OS/c1-12-11-18-23-24-20(25(18)17-6-4-3-5-16(12)17)27-13(2)19(26)22-15-9-7-14(21)8-10-15/h3-11,13H,1-2H3,(H,22,26)/t13-/m1/s1. The maximum absolute atomic E-state index is 12.6. The highest BCUT2D eigenvalue weighted by Crippen LogP contribution is 2.28. The third-order valence-electron chi connectivity index (χ3n) is 4.34. The fraction of sp³-hybridized carbons (Fsp3) is 0.150. The Morgan fingerprint density at radius 3 is 2.67 bits per heavy atom. The van der Waals surface area contributed by atoms with E-state index >= 15 is 0 Å². The number of anilines is 1. The number of pyridine rings is 1. The summed E-state index contributed by atoms with van der Waals surface area (Å²) in [6.45, 7) is 3.94. The van der Waals surface area contributed by atoms with Crippen molar-refractivity contribution in [1.29, 1.82) is 0 Å². The number of hydrogen-bond acceptors (Lipinski definition) is 4. The molecule has 136 valence electrons. The zero-order valence-electron chi connectivity index (χ0n) is 14.8. The Labute approximate surface area is 169 Å². The van der Waals surface area contributed by atoms with Crippen molar-refractivity contribution >= 4 is 55.8 Å². The molecule has 0 saturated carbocycles. The molecule has 2 aromatic heterocycles. The topological polar surface area (TPSA) is 59.3 Å². The van der Waals surface area contributed by atoms with Crippen molar-refractivity contribution in [3.05, 3.63) is 64.6 Å². The first-order chi connectivity index (χ1) is 13.0. The van der Waals surface area contributed by atoms with E-state index in [1.165, 1.54) is 11.8 Å². The number of aryl methyl sites for hydroxylation is 1. The van der Waals surface area contributed by atoms with Crippen LogP contribution in [0.4, 0.5) is 5.69 Å². The van der Waals surface area contributed by atoms with Gasteiger partial charge in [0, 0.05) is 15.5 Å². The molecule has 1 atom stereocenters. The van der Waals surface area contributed by atoms with E-state index in [9.17, 15) is 4.79 Å². The molecule has 0 fully saturated rings. The molecule has 0 aliphatic carbocycles. The van der Waals surface area contributed by atoms with E-state index in [1.54, 1.807) is 0 Å². The van der Waals surface area contributed by atoms with E-state index < -0.39 is 0 Å². The van der Waals surface area contributed by atoms with Gasteiger partial charge in [-0.05, 0) is 55.8 Å². The maximum atomic E-state index is 12.6. The molecule has 1 N–H and O–H groups in total. The van der Waals surface area contributed by atoms with Gasteiger partial charge in [-0.3, -0.25) is 9.20 Å². The second-order valence-corrected chi connectivity index (χ2v) is 8.50. The second kappa shape index (κ2) is 7.32. The molecule has 2 aromatic carbocycles. The quantitative estimate of drug-likeness (QED) is 0.449. The summed E-state index contributed by atoms with van der Waals surface area (Å²) >= 11 is 4.79. The molecule has 0 saturated heterocycles. The van der Waals surface area contributed by atoms with Crippen LogP contribution in [0.2, 0.25) is 0 Å². The fourth-order valence-corrected chi connectivity index (χ4v) is 4.07. The van der Waals surface area contributed by atoms with Gasteiger partial charge < -0.3 is 5.32 Å². The summed E-state index contributed by atoms with van der Waals surface area (Å²) in [7, 11) is 0. The Bertz CT molecular complexity index is 1140. The number of hydrogen-bond donors (Lipinski definition) is 1.